The zero-order valence-corrected chi connectivity index (χ0v) is 17.3. The number of carbonyl (C=O) groups is 1. The fourth-order valence-electron chi connectivity index (χ4n) is 3.54. The summed E-state index contributed by atoms with van der Waals surface area (Å²) < 4.78 is 21.3. The largest absolute Gasteiger partial charge is 0.491 e. The fraction of sp³-hybridized carbons (Fsp3) is 0.318. The number of urea groups is 1. The number of nitrogens with zero attached hydrogens (tertiary/aromatic N) is 2. The Labute approximate surface area is 179 Å². The lowest BCUT2D eigenvalue weighted by Crippen LogP contribution is -2.35. The number of rotatable bonds is 9. The Bertz CT molecular complexity index is 1020. The fourth-order valence-corrected chi connectivity index (χ4v) is 3.71. The van der Waals surface area contributed by atoms with Crippen molar-refractivity contribution in [2.75, 3.05) is 39.3 Å². The molecular formula is C22H24ClFN4O2. The average Bonchev–Trinajstić information content (AvgIpc) is 3.31. The normalized spacial score (nSPS) is 13.8. The maximum atomic E-state index is 13.3. The summed E-state index contributed by atoms with van der Waals surface area (Å²) in [4.78, 5) is 13.3. The molecule has 1 fully saturated rings. The van der Waals surface area contributed by atoms with E-state index in [1.54, 1.807) is 17.0 Å². The molecule has 0 atom stereocenters. The van der Waals surface area contributed by atoms with Crippen molar-refractivity contribution >= 4 is 28.5 Å². The van der Waals surface area contributed by atoms with E-state index >= 15 is 0 Å². The second-order valence-electron chi connectivity index (χ2n) is 7.17. The first-order valence-electron chi connectivity index (χ1n) is 10.0. The van der Waals surface area contributed by atoms with Gasteiger partial charge in [0.1, 0.15) is 11.6 Å². The van der Waals surface area contributed by atoms with E-state index in [1.807, 2.05) is 29.0 Å². The van der Waals surface area contributed by atoms with E-state index in [1.165, 1.54) is 12.1 Å². The first-order chi connectivity index (χ1) is 14.6. The number of benzene rings is 2. The molecule has 3 aromatic rings. The number of hydrogen-bond donors (Lipinski definition) is 2. The lowest BCUT2D eigenvalue weighted by Gasteiger charge is -2.14. The van der Waals surface area contributed by atoms with Gasteiger partial charge in [0.2, 0.25) is 0 Å². The van der Waals surface area contributed by atoms with E-state index in [0.717, 1.165) is 54.9 Å². The van der Waals surface area contributed by atoms with E-state index in [2.05, 4.69) is 10.6 Å². The predicted octanol–water partition coefficient (Wildman–Crippen LogP) is 3.81. The molecule has 0 unspecified atom stereocenters. The molecule has 2 aromatic carbocycles. The summed E-state index contributed by atoms with van der Waals surface area (Å²) in [6.07, 6.45) is 2.75. The third-order valence-electron chi connectivity index (χ3n) is 5.10. The predicted molar refractivity (Wildman–Crippen MR) is 116 cm³/mol. The van der Waals surface area contributed by atoms with Crippen molar-refractivity contribution in [1.29, 1.82) is 0 Å². The second-order valence-corrected chi connectivity index (χ2v) is 7.61. The van der Waals surface area contributed by atoms with Crippen molar-refractivity contribution in [2.24, 2.45) is 0 Å². The molecule has 1 saturated heterocycles. The number of aromatic nitrogens is 1. The van der Waals surface area contributed by atoms with Gasteiger partial charge in [0, 0.05) is 42.3 Å². The molecule has 1 aliphatic rings. The third kappa shape index (κ3) is 4.68. The van der Waals surface area contributed by atoms with Crippen molar-refractivity contribution in [3.05, 3.63) is 59.5 Å². The molecule has 0 aliphatic carbocycles. The Morgan fingerprint density at radius 1 is 1.17 bits per heavy atom. The molecule has 0 bridgehead atoms. The number of amides is 2. The second kappa shape index (κ2) is 9.36. The molecule has 6 nitrogen and oxygen atoms in total. The quantitative estimate of drug-likeness (QED) is 0.507. The van der Waals surface area contributed by atoms with Gasteiger partial charge in [-0.2, -0.15) is 0 Å². The van der Waals surface area contributed by atoms with Crippen LogP contribution in [0.2, 0.25) is 5.02 Å². The van der Waals surface area contributed by atoms with Gasteiger partial charge >= 0.3 is 6.03 Å². The molecule has 8 heteroatoms. The number of halogens is 2. The number of ether oxygens (including phenoxy) is 1. The highest BCUT2D eigenvalue weighted by Gasteiger charge is 2.18. The van der Waals surface area contributed by atoms with E-state index in [-0.39, 0.29) is 11.8 Å². The number of nitrogens with one attached hydrogen (secondary N) is 2. The van der Waals surface area contributed by atoms with Crippen LogP contribution in [0.3, 0.4) is 0 Å². The molecule has 0 radical (unpaired) electrons. The molecular weight excluding hydrogens is 407 g/mol. The van der Waals surface area contributed by atoms with Gasteiger partial charge in [0.05, 0.1) is 18.3 Å². The molecule has 30 heavy (non-hydrogen) atoms. The summed E-state index contributed by atoms with van der Waals surface area (Å²) >= 11 is 6.19. The molecule has 158 valence electrons. The van der Waals surface area contributed by atoms with Crippen LogP contribution in [0.25, 0.3) is 16.6 Å². The van der Waals surface area contributed by atoms with Crippen molar-refractivity contribution < 1.29 is 13.9 Å². The lowest BCUT2D eigenvalue weighted by atomic mass is 10.2. The monoisotopic (exact) mass is 430 g/mol. The van der Waals surface area contributed by atoms with Gasteiger partial charge < -0.3 is 24.8 Å². The molecule has 4 rings (SSSR count). The maximum Gasteiger partial charge on any atom is 0.317 e. The van der Waals surface area contributed by atoms with Crippen LogP contribution in [0, 0.1) is 5.82 Å². The van der Waals surface area contributed by atoms with Crippen LogP contribution in [-0.4, -0.2) is 54.8 Å². The first-order valence-corrected chi connectivity index (χ1v) is 10.4. The molecule has 2 N–H and O–H groups in total. The standard InChI is InChI=1S/C22H24ClFN4O2/c23-16-2-7-19-20(14-16)28(18-5-3-17(24)4-6-18)15-21(19)30-13-1-8-25-9-11-27-12-10-26-22(27)29/h2-7,14-15,25H,1,8-13H2,(H,26,29). The van der Waals surface area contributed by atoms with Crippen LogP contribution in [0.1, 0.15) is 6.42 Å². The van der Waals surface area contributed by atoms with Gasteiger partial charge in [-0.15, -0.1) is 0 Å². The Morgan fingerprint density at radius 3 is 2.77 bits per heavy atom. The number of fused-ring (bicyclic) bond motifs is 1. The number of carbonyl (C=O) groups excluding carboxylic acids is 1. The minimum absolute atomic E-state index is 0.0118. The van der Waals surface area contributed by atoms with Gasteiger partial charge in [-0.25, -0.2) is 9.18 Å². The van der Waals surface area contributed by atoms with Crippen LogP contribution in [-0.2, 0) is 0 Å². The minimum Gasteiger partial charge on any atom is -0.491 e. The summed E-state index contributed by atoms with van der Waals surface area (Å²) in [7, 11) is 0. The summed E-state index contributed by atoms with van der Waals surface area (Å²) in [6.45, 7) is 4.32. The van der Waals surface area contributed by atoms with Crippen LogP contribution in [0.5, 0.6) is 5.75 Å². The van der Waals surface area contributed by atoms with Crippen molar-refractivity contribution in [3.8, 4) is 11.4 Å². The van der Waals surface area contributed by atoms with Crippen LogP contribution < -0.4 is 15.4 Å². The highest BCUT2D eigenvalue weighted by atomic mass is 35.5. The number of hydrogen-bond acceptors (Lipinski definition) is 3. The Balaban J connectivity index is 1.34. The molecule has 1 aliphatic heterocycles. The molecule has 2 heterocycles. The maximum absolute atomic E-state index is 13.3. The van der Waals surface area contributed by atoms with Crippen LogP contribution in [0.15, 0.2) is 48.7 Å². The Hall–Kier alpha value is -2.77. The molecule has 1 aromatic heterocycles. The summed E-state index contributed by atoms with van der Waals surface area (Å²) in [5, 5.41) is 7.72. The van der Waals surface area contributed by atoms with E-state index < -0.39 is 0 Å². The lowest BCUT2D eigenvalue weighted by molar-refractivity contribution is 0.217. The topological polar surface area (TPSA) is 58.5 Å². The van der Waals surface area contributed by atoms with Gasteiger partial charge in [0.25, 0.3) is 0 Å². The third-order valence-corrected chi connectivity index (χ3v) is 5.33. The Morgan fingerprint density at radius 2 is 2.00 bits per heavy atom. The van der Waals surface area contributed by atoms with Crippen molar-refractivity contribution in [3.63, 3.8) is 0 Å². The van der Waals surface area contributed by atoms with Crippen molar-refractivity contribution in [1.82, 2.24) is 20.1 Å². The van der Waals surface area contributed by atoms with Gasteiger partial charge in [-0.1, -0.05) is 11.6 Å². The highest BCUT2D eigenvalue weighted by molar-refractivity contribution is 6.31. The summed E-state index contributed by atoms with van der Waals surface area (Å²) in [5.41, 5.74) is 1.75. The SMILES string of the molecule is O=C1NCCN1CCNCCCOc1cn(-c2ccc(F)cc2)c2cc(Cl)ccc12. The van der Waals surface area contributed by atoms with E-state index in [9.17, 15) is 9.18 Å². The first kappa shape index (κ1) is 20.5. The minimum atomic E-state index is -0.275. The smallest absolute Gasteiger partial charge is 0.317 e. The van der Waals surface area contributed by atoms with Gasteiger partial charge in [-0.05, 0) is 55.4 Å². The van der Waals surface area contributed by atoms with E-state index in [4.69, 9.17) is 16.3 Å². The highest BCUT2D eigenvalue weighted by Crippen LogP contribution is 2.32. The summed E-state index contributed by atoms with van der Waals surface area (Å²) in [6, 6.07) is 12.0. The molecule has 0 spiro atoms. The van der Waals surface area contributed by atoms with Crippen LogP contribution >= 0.6 is 11.6 Å². The zero-order valence-electron chi connectivity index (χ0n) is 16.5. The van der Waals surface area contributed by atoms with Gasteiger partial charge in [-0.3, -0.25) is 0 Å². The zero-order chi connectivity index (χ0) is 20.9. The average molecular weight is 431 g/mol. The molecule has 2 amide bonds. The van der Waals surface area contributed by atoms with Crippen molar-refractivity contribution in [2.45, 2.75) is 6.42 Å². The Kier molecular flexibility index (Phi) is 6.40. The van der Waals surface area contributed by atoms with E-state index in [0.29, 0.717) is 18.2 Å². The van der Waals surface area contributed by atoms with Gasteiger partial charge in [0.15, 0.2) is 0 Å². The summed E-state index contributed by atoms with van der Waals surface area (Å²) in [5.74, 6) is 0.488. The van der Waals surface area contributed by atoms with Crippen LogP contribution in [0.4, 0.5) is 9.18 Å². The molecule has 0 saturated carbocycles.